The van der Waals surface area contributed by atoms with E-state index in [4.69, 9.17) is 27.0 Å². The van der Waals surface area contributed by atoms with Crippen LogP contribution < -0.4 is 4.74 Å². The van der Waals surface area contributed by atoms with Crippen molar-refractivity contribution in [1.29, 1.82) is 0 Å². The number of hydrogen-bond acceptors (Lipinski definition) is 3. The van der Waals surface area contributed by atoms with Gasteiger partial charge < -0.3 is 4.74 Å². The lowest BCUT2D eigenvalue weighted by atomic mass is 10.2. The number of ether oxygens (including phenoxy) is 1. The predicted octanol–water partition coefficient (Wildman–Crippen LogP) is 4.75. The summed E-state index contributed by atoms with van der Waals surface area (Å²) >= 11 is 9.11. The molecule has 0 aliphatic rings. The van der Waals surface area contributed by atoms with Crippen LogP contribution in [0.2, 0.25) is 5.02 Å². The van der Waals surface area contributed by atoms with Crippen LogP contribution in [0.3, 0.4) is 0 Å². The van der Waals surface area contributed by atoms with Crippen LogP contribution in [0.15, 0.2) is 45.8 Å². The van der Waals surface area contributed by atoms with Crippen LogP contribution in [0.4, 0.5) is 4.39 Å². The zero-order valence-corrected chi connectivity index (χ0v) is 14.2. The van der Waals surface area contributed by atoms with Gasteiger partial charge in [-0.25, -0.2) is 12.8 Å². The zero-order chi connectivity index (χ0) is 15.6. The van der Waals surface area contributed by atoms with Gasteiger partial charge in [0.2, 0.25) is 0 Å². The van der Waals surface area contributed by atoms with Gasteiger partial charge in [-0.15, -0.1) is 0 Å². The first kappa shape index (κ1) is 16.5. The minimum absolute atomic E-state index is 0.0864. The van der Waals surface area contributed by atoms with Crippen LogP contribution >= 0.6 is 38.2 Å². The number of rotatable bonds is 4. The van der Waals surface area contributed by atoms with Crippen molar-refractivity contribution in [1.82, 2.24) is 0 Å². The van der Waals surface area contributed by atoms with Crippen molar-refractivity contribution in [3.05, 3.63) is 57.3 Å². The summed E-state index contributed by atoms with van der Waals surface area (Å²) in [6.07, 6.45) is 0. The van der Waals surface area contributed by atoms with Crippen molar-refractivity contribution in [3.8, 4) is 5.75 Å². The molecule has 112 valence electrons. The summed E-state index contributed by atoms with van der Waals surface area (Å²) in [5, 5.41) is 0.104. The minimum atomic E-state index is -3.84. The minimum Gasteiger partial charge on any atom is -0.487 e. The molecule has 0 radical (unpaired) electrons. The molecular weight excluding hydrogens is 406 g/mol. The maximum Gasteiger partial charge on any atom is 0.261 e. The van der Waals surface area contributed by atoms with Gasteiger partial charge in [0, 0.05) is 15.2 Å². The fraction of sp³-hybridized carbons (Fsp3) is 0.0769. The van der Waals surface area contributed by atoms with Crippen molar-refractivity contribution in [2.45, 2.75) is 11.5 Å². The highest BCUT2D eigenvalue weighted by molar-refractivity contribution is 9.10. The summed E-state index contributed by atoms with van der Waals surface area (Å²) in [4.78, 5) is -0.116. The van der Waals surface area contributed by atoms with Crippen LogP contribution in [0.1, 0.15) is 5.56 Å². The monoisotopic (exact) mass is 412 g/mol. The Kier molecular flexibility index (Phi) is 5.14. The summed E-state index contributed by atoms with van der Waals surface area (Å²) in [7, 11) is 1.37. The van der Waals surface area contributed by atoms with Crippen LogP contribution in [0, 0.1) is 5.82 Å². The largest absolute Gasteiger partial charge is 0.487 e. The van der Waals surface area contributed by atoms with E-state index in [9.17, 15) is 12.8 Å². The van der Waals surface area contributed by atoms with Gasteiger partial charge in [-0.05, 0) is 42.0 Å². The van der Waals surface area contributed by atoms with Gasteiger partial charge in [0.1, 0.15) is 18.2 Å². The first-order valence-electron chi connectivity index (χ1n) is 5.58. The van der Waals surface area contributed by atoms with Crippen molar-refractivity contribution in [3.63, 3.8) is 0 Å². The fourth-order valence-electron chi connectivity index (χ4n) is 1.61. The van der Waals surface area contributed by atoms with Crippen LogP contribution in [-0.2, 0) is 15.7 Å². The number of benzene rings is 2. The number of hydrogen-bond donors (Lipinski definition) is 0. The summed E-state index contributed by atoms with van der Waals surface area (Å²) < 4.78 is 41.6. The Labute approximate surface area is 139 Å². The molecule has 0 amide bonds. The lowest BCUT2D eigenvalue weighted by Gasteiger charge is -2.09. The molecule has 2 aromatic carbocycles. The molecule has 0 N–H and O–H groups in total. The van der Waals surface area contributed by atoms with Gasteiger partial charge in [0.25, 0.3) is 9.05 Å². The highest BCUT2D eigenvalue weighted by atomic mass is 79.9. The van der Waals surface area contributed by atoms with Gasteiger partial charge in [-0.3, -0.25) is 0 Å². The molecule has 0 saturated heterocycles. The second-order valence-electron chi connectivity index (χ2n) is 4.10. The van der Waals surface area contributed by atoms with E-state index in [2.05, 4.69) is 15.9 Å². The van der Waals surface area contributed by atoms with Gasteiger partial charge in [-0.1, -0.05) is 27.5 Å². The van der Waals surface area contributed by atoms with E-state index in [0.717, 1.165) is 0 Å². The molecule has 0 aliphatic carbocycles. The van der Waals surface area contributed by atoms with E-state index in [1.807, 2.05) is 0 Å². The molecule has 0 spiro atoms. The Hall–Kier alpha value is -0.820. The average molecular weight is 414 g/mol. The quantitative estimate of drug-likeness (QED) is 0.679. The molecule has 8 heteroatoms. The van der Waals surface area contributed by atoms with Crippen molar-refractivity contribution in [2.24, 2.45) is 0 Å². The van der Waals surface area contributed by atoms with E-state index in [0.29, 0.717) is 10.0 Å². The molecule has 2 aromatic rings. The van der Waals surface area contributed by atoms with Crippen molar-refractivity contribution in [2.75, 3.05) is 0 Å². The molecule has 0 saturated carbocycles. The molecule has 0 heterocycles. The Morgan fingerprint density at radius 2 is 1.90 bits per heavy atom. The van der Waals surface area contributed by atoms with E-state index < -0.39 is 14.9 Å². The SMILES string of the molecule is O=S(=O)(Cl)c1ccc(OCc2cc(F)cc(Br)c2)c(Cl)c1. The van der Waals surface area contributed by atoms with Crippen LogP contribution in [-0.4, -0.2) is 8.42 Å². The van der Waals surface area contributed by atoms with E-state index in [1.54, 1.807) is 6.07 Å². The third-order valence-corrected chi connectivity index (χ3v) is 4.61. The van der Waals surface area contributed by atoms with Crippen molar-refractivity contribution < 1.29 is 17.5 Å². The summed E-state index contributed by atoms with van der Waals surface area (Å²) in [5.74, 6) is -0.112. The summed E-state index contributed by atoms with van der Waals surface area (Å²) in [5.41, 5.74) is 0.604. The molecular formula is C13H8BrCl2FO3S. The highest BCUT2D eigenvalue weighted by Gasteiger charge is 2.13. The predicted molar refractivity (Wildman–Crippen MR) is 82.9 cm³/mol. The van der Waals surface area contributed by atoms with Gasteiger partial charge in [-0.2, -0.15) is 0 Å². The molecule has 0 bridgehead atoms. The normalized spacial score (nSPS) is 11.4. The molecule has 3 nitrogen and oxygen atoms in total. The first-order chi connectivity index (χ1) is 9.75. The molecule has 0 fully saturated rings. The lowest BCUT2D eigenvalue weighted by Crippen LogP contribution is -1.98. The van der Waals surface area contributed by atoms with E-state index >= 15 is 0 Å². The Bertz CT molecular complexity index is 761. The summed E-state index contributed by atoms with van der Waals surface area (Å²) in [6.45, 7) is 0.0864. The topological polar surface area (TPSA) is 43.4 Å². The van der Waals surface area contributed by atoms with Crippen LogP contribution in [0.5, 0.6) is 5.75 Å². The molecule has 0 aromatic heterocycles. The Morgan fingerprint density at radius 1 is 1.19 bits per heavy atom. The van der Waals surface area contributed by atoms with Gasteiger partial charge >= 0.3 is 0 Å². The Balaban J connectivity index is 2.17. The first-order valence-corrected chi connectivity index (χ1v) is 9.06. The summed E-state index contributed by atoms with van der Waals surface area (Å²) in [6, 6.07) is 8.24. The molecule has 0 unspecified atom stereocenters. The maximum absolute atomic E-state index is 13.2. The fourth-order valence-corrected chi connectivity index (χ4v) is 3.20. The molecule has 0 atom stereocenters. The zero-order valence-electron chi connectivity index (χ0n) is 10.3. The second-order valence-corrected chi connectivity index (χ2v) is 7.99. The standard InChI is InChI=1S/C13H8BrCl2FO3S/c14-9-3-8(4-10(17)5-9)7-20-13-2-1-11(6-12(13)15)21(16,18)19/h1-6H,7H2. The molecule has 0 aliphatic heterocycles. The molecule has 2 rings (SSSR count). The van der Waals surface area contributed by atoms with Crippen LogP contribution in [0.25, 0.3) is 0 Å². The highest BCUT2D eigenvalue weighted by Crippen LogP contribution is 2.29. The third-order valence-electron chi connectivity index (χ3n) is 2.50. The third kappa shape index (κ3) is 4.57. The maximum atomic E-state index is 13.2. The van der Waals surface area contributed by atoms with E-state index in [1.165, 1.54) is 30.3 Å². The molecule has 21 heavy (non-hydrogen) atoms. The van der Waals surface area contributed by atoms with Gasteiger partial charge in [0.15, 0.2) is 0 Å². The van der Waals surface area contributed by atoms with E-state index in [-0.39, 0.29) is 22.3 Å². The second kappa shape index (κ2) is 6.52. The van der Waals surface area contributed by atoms with Gasteiger partial charge in [0.05, 0.1) is 9.92 Å². The smallest absolute Gasteiger partial charge is 0.261 e. The lowest BCUT2D eigenvalue weighted by molar-refractivity contribution is 0.305. The number of halogens is 4. The average Bonchev–Trinajstić information content (AvgIpc) is 2.35. The Morgan fingerprint density at radius 3 is 2.48 bits per heavy atom. The van der Waals surface area contributed by atoms with Crippen molar-refractivity contribution >= 4 is 47.3 Å².